The van der Waals surface area contributed by atoms with E-state index in [-0.39, 0.29) is 0 Å². The lowest BCUT2D eigenvalue weighted by Crippen LogP contribution is -2.21. The normalized spacial score (nSPS) is 18.7. The summed E-state index contributed by atoms with van der Waals surface area (Å²) < 4.78 is 0. The predicted molar refractivity (Wildman–Crippen MR) is 66.4 cm³/mol. The zero-order valence-corrected chi connectivity index (χ0v) is 10.9. The Morgan fingerprint density at radius 3 is 1.93 bits per heavy atom. The molecule has 0 aliphatic carbocycles. The maximum absolute atomic E-state index is 3.81. The first-order valence-electron chi connectivity index (χ1n) is 5.90. The number of rotatable bonds is 5. The van der Waals surface area contributed by atoms with E-state index in [9.17, 15) is 0 Å². The van der Waals surface area contributed by atoms with Gasteiger partial charge in [-0.1, -0.05) is 47.6 Å². The van der Waals surface area contributed by atoms with Gasteiger partial charge in [0.1, 0.15) is 0 Å². The van der Waals surface area contributed by atoms with Crippen LogP contribution in [0.5, 0.6) is 0 Å². The molecule has 0 spiro atoms. The molecular formula is C14H28. The number of allylic oxidation sites excluding steroid dienone is 1. The molecular weight excluding hydrogens is 168 g/mol. The molecule has 0 unspecified atom stereocenters. The minimum atomic E-state index is 0.447. The van der Waals surface area contributed by atoms with Crippen LogP contribution in [0.2, 0.25) is 0 Å². The van der Waals surface area contributed by atoms with Crippen LogP contribution in [0, 0.1) is 23.2 Å². The highest BCUT2D eigenvalue weighted by Gasteiger charge is 2.23. The van der Waals surface area contributed by atoms with E-state index in [4.69, 9.17) is 0 Å². The fourth-order valence-corrected chi connectivity index (χ4v) is 1.64. The molecule has 0 nitrogen and oxygen atoms in total. The zero-order valence-electron chi connectivity index (χ0n) is 10.9. The van der Waals surface area contributed by atoms with E-state index in [1.807, 2.05) is 6.08 Å². The van der Waals surface area contributed by atoms with Crippen LogP contribution in [0.4, 0.5) is 0 Å². The average molecular weight is 196 g/mol. The van der Waals surface area contributed by atoms with Crippen molar-refractivity contribution in [3.63, 3.8) is 0 Å². The van der Waals surface area contributed by atoms with Crippen LogP contribution in [-0.2, 0) is 0 Å². The lowest BCUT2D eigenvalue weighted by atomic mass is 9.74. The monoisotopic (exact) mass is 196 g/mol. The van der Waals surface area contributed by atoms with E-state index in [0.717, 1.165) is 24.2 Å². The van der Waals surface area contributed by atoms with Crippen molar-refractivity contribution in [2.24, 2.45) is 23.2 Å². The molecule has 0 aromatic carbocycles. The van der Waals surface area contributed by atoms with Crippen molar-refractivity contribution in [1.29, 1.82) is 0 Å². The Hall–Kier alpha value is -0.260. The van der Waals surface area contributed by atoms with Gasteiger partial charge in [-0.05, 0) is 36.0 Å². The maximum Gasteiger partial charge on any atom is -0.0325 e. The van der Waals surface area contributed by atoms with Crippen molar-refractivity contribution < 1.29 is 0 Å². The highest BCUT2D eigenvalue weighted by Crippen LogP contribution is 2.33. The molecule has 3 atom stereocenters. The largest absolute Gasteiger partial charge is 0.103 e. The first-order valence-corrected chi connectivity index (χ1v) is 5.90. The van der Waals surface area contributed by atoms with Gasteiger partial charge in [0, 0.05) is 0 Å². The van der Waals surface area contributed by atoms with E-state index >= 15 is 0 Å². The Bertz CT molecular complexity index is 161. The van der Waals surface area contributed by atoms with Gasteiger partial charge in [-0.3, -0.25) is 0 Å². The first kappa shape index (κ1) is 13.7. The van der Waals surface area contributed by atoms with Gasteiger partial charge in [0.15, 0.2) is 0 Å². The molecule has 0 heteroatoms. The zero-order chi connectivity index (χ0) is 11.4. The lowest BCUT2D eigenvalue weighted by molar-refractivity contribution is 0.195. The van der Waals surface area contributed by atoms with Crippen molar-refractivity contribution in [2.75, 3.05) is 0 Å². The van der Waals surface area contributed by atoms with Gasteiger partial charge in [-0.25, -0.2) is 0 Å². The molecule has 0 saturated carbocycles. The second-order valence-corrected chi connectivity index (χ2v) is 5.98. The number of hydrogen-bond donors (Lipinski definition) is 0. The van der Waals surface area contributed by atoms with Crippen LogP contribution in [0.15, 0.2) is 12.7 Å². The summed E-state index contributed by atoms with van der Waals surface area (Å²) in [5.41, 5.74) is 0.447. The Balaban J connectivity index is 4.05. The molecule has 0 aliphatic heterocycles. The molecule has 0 radical (unpaired) electrons. The van der Waals surface area contributed by atoms with Crippen LogP contribution in [0.1, 0.15) is 54.4 Å². The van der Waals surface area contributed by atoms with Gasteiger partial charge in [-0.15, -0.1) is 6.58 Å². The second kappa shape index (κ2) is 5.58. The van der Waals surface area contributed by atoms with Crippen LogP contribution < -0.4 is 0 Å². The molecule has 0 heterocycles. The molecule has 0 bridgehead atoms. The van der Waals surface area contributed by atoms with Gasteiger partial charge >= 0.3 is 0 Å². The van der Waals surface area contributed by atoms with Crippen LogP contribution in [0.25, 0.3) is 0 Å². The first-order chi connectivity index (χ1) is 6.29. The molecule has 0 N–H and O–H groups in total. The molecule has 0 aromatic rings. The summed E-state index contributed by atoms with van der Waals surface area (Å²) in [5.74, 6) is 2.38. The molecule has 0 aromatic heterocycles. The number of hydrogen-bond acceptors (Lipinski definition) is 0. The molecule has 14 heavy (non-hydrogen) atoms. The van der Waals surface area contributed by atoms with Crippen LogP contribution in [0.3, 0.4) is 0 Å². The van der Waals surface area contributed by atoms with Crippen molar-refractivity contribution >= 4 is 0 Å². The lowest BCUT2D eigenvalue weighted by Gasteiger charge is -2.31. The summed E-state index contributed by atoms with van der Waals surface area (Å²) in [6.45, 7) is 17.9. The highest BCUT2D eigenvalue weighted by molar-refractivity contribution is 4.78. The Morgan fingerprint density at radius 1 is 1.07 bits per heavy atom. The topological polar surface area (TPSA) is 0 Å². The third kappa shape index (κ3) is 4.83. The minimum Gasteiger partial charge on any atom is -0.103 e. The van der Waals surface area contributed by atoms with E-state index < -0.39 is 0 Å². The molecule has 0 saturated heterocycles. The van der Waals surface area contributed by atoms with Crippen LogP contribution >= 0.6 is 0 Å². The Labute approximate surface area is 90.8 Å². The quantitative estimate of drug-likeness (QED) is 0.548. The molecule has 84 valence electrons. The van der Waals surface area contributed by atoms with Crippen molar-refractivity contribution in [2.45, 2.75) is 54.4 Å². The summed E-state index contributed by atoms with van der Waals surface area (Å²) >= 11 is 0. The fourth-order valence-electron chi connectivity index (χ4n) is 1.64. The predicted octanol–water partition coefficient (Wildman–Crippen LogP) is 4.91. The smallest absolute Gasteiger partial charge is 0.0325 e. The average Bonchev–Trinajstić information content (AvgIpc) is 2.02. The summed E-state index contributed by atoms with van der Waals surface area (Å²) in [6, 6.07) is 0. The summed E-state index contributed by atoms with van der Waals surface area (Å²) in [4.78, 5) is 0. The van der Waals surface area contributed by atoms with E-state index in [1.54, 1.807) is 0 Å². The van der Waals surface area contributed by atoms with E-state index in [0.29, 0.717) is 5.41 Å². The van der Waals surface area contributed by atoms with E-state index in [2.05, 4.69) is 48.1 Å². The van der Waals surface area contributed by atoms with Gasteiger partial charge in [0.2, 0.25) is 0 Å². The van der Waals surface area contributed by atoms with Crippen molar-refractivity contribution in [3.05, 3.63) is 12.7 Å². The molecule has 0 aliphatic rings. The summed E-state index contributed by atoms with van der Waals surface area (Å²) in [6.07, 6.45) is 4.53. The fraction of sp³-hybridized carbons (Fsp3) is 0.857. The molecule has 0 rings (SSSR count). The molecule has 0 fully saturated rings. The third-order valence-corrected chi connectivity index (χ3v) is 3.71. The highest BCUT2D eigenvalue weighted by atomic mass is 14.3. The SMILES string of the molecule is C=CC[C@H](C)[C@H](C)C[C@@H](C)C(C)(C)C. The Kier molecular flexibility index (Phi) is 5.48. The standard InChI is InChI=1S/C14H28/c1-8-9-11(2)12(3)10-13(4)14(5,6)7/h8,11-13H,1,9-10H2,2-7H3/t11-,12+,13+/m0/s1. The van der Waals surface area contributed by atoms with Crippen molar-refractivity contribution in [1.82, 2.24) is 0 Å². The van der Waals surface area contributed by atoms with Gasteiger partial charge < -0.3 is 0 Å². The van der Waals surface area contributed by atoms with E-state index in [1.165, 1.54) is 6.42 Å². The summed E-state index contributed by atoms with van der Waals surface area (Å²) in [5, 5.41) is 0. The molecule has 0 amide bonds. The van der Waals surface area contributed by atoms with Crippen molar-refractivity contribution in [3.8, 4) is 0 Å². The maximum atomic E-state index is 3.81. The third-order valence-electron chi connectivity index (χ3n) is 3.71. The Morgan fingerprint density at radius 2 is 1.57 bits per heavy atom. The van der Waals surface area contributed by atoms with Crippen LogP contribution in [-0.4, -0.2) is 0 Å². The van der Waals surface area contributed by atoms with Gasteiger partial charge in [-0.2, -0.15) is 0 Å². The second-order valence-electron chi connectivity index (χ2n) is 5.98. The minimum absolute atomic E-state index is 0.447. The summed E-state index contributed by atoms with van der Waals surface area (Å²) in [7, 11) is 0. The van der Waals surface area contributed by atoms with Gasteiger partial charge in [0.25, 0.3) is 0 Å². The van der Waals surface area contributed by atoms with Gasteiger partial charge in [0.05, 0.1) is 0 Å².